The maximum absolute atomic E-state index is 13.5. The summed E-state index contributed by atoms with van der Waals surface area (Å²) >= 11 is 0. The van der Waals surface area contributed by atoms with E-state index in [-0.39, 0.29) is 18.3 Å². The van der Waals surface area contributed by atoms with Crippen LogP contribution in [0.3, 0.4) is 0 Å². The lowest BCUT2D eigenvalue weighted by Gasteiger charge is -2.22. The summed E-state index contributed by atoms with van der Waals surface area (Å²) < 4.78 is 13.5. The van der Waals surface area contributed by atoms with Gasteiger partial charge >= 0.3 is 6.03 Å². The molecule has 1 aliphatic heterocycles. The lowest BCUT2D eigenvalue weighted by Crippen LogP contribution is -2.38. The number of aliphatic hydroxyl groups excluding tert-OH is 1. The Balaban J connectivity index is 1.91. The smallest absolute Gasteiger partial charge is 0.321 e. The fourth-order valence-corrected chi connectivity index (χ4v) is 2.30. The van der Waals surface area contributed by atoms with Gasteiger partial charge in [0.2, 0.25) is 0 Å². The number of nitrogens with one attached hydrogen (secondary N) is 1. The molecule has 6 heteroatoms. The van der Waals surface area contributed by atoms with Crippen molar-refractivity contribution in [1.82, 2.24) is 9.80 Å². The summed E-state index contributed by atoms with van der Waals surface area (Å²) in [5.41, 5.74) is 0.203. The second-order valence-corrected chi connectivity index (χ2v) is 4.82. The van der Waals surface area contributed by atoms with E-state index in [1.165, 1.54) is 6.07 Å². The van der Waals surface area contributed by atoms with E-state index >= 15 is 0 Å². The number of β-amino-alcohol motifs (C(OH)–C–C–N with tert-alkyl or cyclic N) is 1. The van der Waals surface area contributed by atoms with Crippen LogP contribution in [0.15, 0.2) is 24.3 Å². The van der Waals surface area contributed by atoms with Crippen molar-refractivity contribution in [3.63, 3.8) is 0 Å². The highest BCUT2D eigenvalue weighted by Crippen LogP contribution is 2.13. The predicted octanol–water partition coefficient (Wildman–Crippen LogP) is 1.36. The predicted molar refractivity (Wildman–Crippen MR) is 75.1 cm³/mol. The summed E-state index contributed by atoms with van der Waals surface area (Å²) in [4.78, 5) is 15.9. The molecular weight excluding hydrogens is 261 g/mol. The highest BCUT2D eigenvalue weighted by Gasteiger charge is 2.19. The molecule has 2 rings (SSSR count). The monoisotopic (exact) mass is 281 g/mol. The minimum atomic E-state index is -0.433. The van der Waals surface area contributed by atoms with Crippen molar-refractivity contribution in [2.45, 2.75) is 6.42 Å². The molecule has 1 heterocycles. The molecule has 1 aliphatic rings. The molecule has 5 nitrogen and oxygen atoms in total. The Morgan fingerprint density at radius 2 is 2.05 bits per heavy atom. The number of nitrogens with zero attached hydrogens (tertiary/aromatic N) is 2. The number of para-hydroxylation sites is 1. The number of benzene rings is 1. The number of urea groups is 1. The van der Waals surface area contributed by atoms with E-state index in [1.54, 1.807) is 23.1 Å². The van der Waals surface area contributed by atoms with Crippen LogP contribution in [0.1, 0.15) is 6.42 Å². The van der Waals surface area contributed by atoms with Gasteiger partial charge in [-0.25, -0.2) is 9.18 Å². The summed E-state index contributed by atoms with van der Waals surface area (Å²) in [5, 5.41) is 11.5. The highest BCUT2D eigenvalue weighted by molar-refractivity contribution is 5.89. The molecule has 1 saturated heterocycles. The zero-order chi connectivity index (χ0) is 14.4. The number of hydrogen-bond acceptors (Lipinski definition) is 3. The fraction of sp³-hybridized carbons (Fsp3) is 0.500. The van der Waals surface area contributed by atoms with Crippen LogP contribution in [0.5, 0.6) is 0 Å². The van der Waals surface area contributed by atoms with Gasteiger partial charge in [-0.15, -0.1) is 0 Å². The minimum Gasteiger partial charge on any atom is -0.395 e. The summed E-state index contributed by atoms with van der Waals surface area (Å²) in [6.45, 7) is 3.57. The first kappa shape index (κ1) is 14.7. The lowest BCUT2D eigenvalue weighted by molar-refractivity contribution is 0.194. The third kappa shape index (κ3) is 3.91. The van der Waals surface area contributed by atoms with Gasteiger partial charge in [-0.05, 0) is 25.1 Å². The molecule has 20 heavy (non-hydrogen) atoms. The van der Waals surface area contributed by atoms with Gasteiger partial charge in [0.25, 0.3) is 0 Å². The van der Waals surface area contributed by atoms with E-state index in [4.69, 9.17) is 5.11 Å². The Hall–Kier alpha value is -1.66. The van der Waals surface area contributed by atoms with Crippen LogP contribution in [0.25, 0.3) is 0 Å². The van der Waals surface area contributed by atoms with Gasteiger partial charge in [0.1, 0.15) is 5.82 Å². The number of carbonyl (C=O) groups is 1. The van der Waals surface area contributed by atoms with E-state index in [1.807, 2.05) is 0 Å². The Kier molecular flexibility index (Phi) is 5.31. The van der Waals surface area contributed by atoms with E-state index in [0.717, 1.165) is 19.5 Å². The van der Waals surface area contributed by atoms with Crippen molar-refractivity contribution < 1.29 is 14.3 Å². The van der Waals surface area contributed by atoms with Gasteiger partial charge in [-0.1, -0.05) is 12.1 Å². The quantitative estimate of drug-likeness (QED) is 0.879. The van der Waals surface area contributed by atoms with Gasteiger partial charge in [0.15, 0.2) is 0 Å². The van der Waals surface area contributed by atoms with Crippen LogP contribution in [0, 0.1) is 5.82 Å². The number of rotatable bonds is 3. The largest absolute Gasteiger partial charge is 0.395 e. The maximum Gasteiger partial charge on any atom is 0.321 e. The molecule has 110 valence electrons. The van der Waals surface area contributed by atoms with E-state index in [0.29, 0.717) is 19.6 Å². The van der Waals surface area contributed by atoms with Crippen LogP contribution in [-0.2, 0) is 0 Å². The number of amides is 2. The Morgan fingerprint density at radius 3 is 2.80 bits per heavy atom. The van der Waals surface area contributed by atoms with Crippen LogP contribution >= 0.6 is 0 Å². The van der Waals surface area contributed by atoms with Crippen molar-refractivity contribution >= 4 is 11.7 Å². The van der Waals surface area contributed by atoms with Gasteiger partial charge < -0.3 is 15.3 Å². The molecule has 2 amide bonds. The topological polar surface area (TPSA) is 55.8 Å². The molecule has 2 N–H and O–H groups in total. The molecule has 0 aliphatic carbocycles. The van der Waals surface area contributed by atoms with Crippen molar-refractivity contribution in [2.75, 3.05) is 44.6 Å². The summed E-state index contributed by atoms with van der Waals surface area (Å²) in [6.07, 6.45) is 0.852. The molecule has 0 bridgehead atoms. The first-order valence-electron chi connectivity index (χ1n) is 6.84. The summed E-state index contributed by atoms with van der Waals surface area (Å²) in [6, 6.07) is 5.86. The zero-order valence-corrected chi connectivity index (χ0v) is 11.4. The van der Waals surface area contributed by atoms with Crippen LogP contribution in [0.4, 0.5) is 14.9 Å². The molecule has 0 unspecified atom stereocenters. The molecule has 0 spiro atoms. The molecule has 1 fully saturated rings. The first-order valence-corrected chi connectivity index (χ1v) is 6.84. The normalized spacial score (nSPS) is 16.8. The molecule has 0 atom stereocenters. The summed E-state index contributed by atoms with van der Waals surface area (Å²) in [7, 11) is 0. The number of carbonyl (C=O) groups excluding carboxylic acids is 1. The molecular formula is C14H20FN3O2. The average Bonchev–Trinajstić information content (AvgIpc) is 2.67. The van der Waals surface area contributed by atoms with Crippen molar-refractivity contribution in [3.8, 4) is 0 Å². The van der Waals surface area contributed by atoms with Gasteiger partial charge in [-0.2, -0.15) is 0 Å². The van der Waals surface area contributed by atoms with E-state index in [2.05, 4.69) is 10.2 Å². The maximum atomic E-state index is 13.5. The third-order valence-corrected chi connectivity index (χ3v) is 3.41. The van der Waals surface area contributed by atoms with Crippen molar-refractivity contribution in [3.05, 3.63) is 30.1 Å². The third-order valence-electron chi connectivity index (χ3n) is 3.41. The molecule has 0 radical (unpaired) electrons. The minimum absolute atomic E-state index is 0.126. The molecule has 0 aromatic heterocycles. The zero-order valence-electron chi connectivity index (χ0n) is 11.4. The first-order chi connectivity index (χ1) is 9.70. The Morgan fingerprint density at radius 1 is 1.25 bits per heavy atom. The number of hydrogen-bond donors (Lipinski definition) is 2. The SMILES string of the molecule is O=C(Nc1ccccc1F)N1CCCN(CCO)CC1. The number of halogens is 1. The van der Waals surface area contributed by atoms with Gasteiger partial charge in [0.05, 0.1) is 12.3 Å². The molecule has 1 aromatic carbocycles. The number of aliphatic hydroxyl groups is 1. The average molecular weight is 281 g/mol. The van der Waals surface area contributed by atoms with E-state index < -0.39 is 5.82 Å². The Labute approximate surface area is 118 Å². The van der Waals surface area contributed by atoms with Crippen LogP contribution < -0.4 is 5.32 Å². The second-order valence-electron chi connectivity index (χ2n) is 4.82. The molecule has 1 aromatic rings. The van der Waals surface area contributed by atoms with Crippen molar-refractivity contribution in [1.29, 1.82) is 0 Å². The van der Waals surface area contributed by atoms with Gasteiger partial charge in [-0.3, -0.25) is 4.90 Å². The standard InChI is InChI=1S/C14H20FN3O2/c15-12-4-1-2-5-13(12)16-14(20)18-7-3-6-17(8-9-18)10-11-19/h1-2,4-5,19H,3,6-11H2,(H,16,20). The summed E-state index contributed by atoms with van der Waals surface area (Å²) in [5.74, 6) is -0.433. The van der Waals surface area contributed by atoms with Crippen molar-refractivity contribution in [2.24, 2.45) is 0 Å². The van der Waals surface area contributed by atoms with Gasteiger partial charge in [0, 0.05) is 26.2 Å². The fourth-order valence-electron chi connectivity index (χ4n) is 2.30. The van der Waals surface area contributed by atoms with Crippen LogP contribution in [0.2, 0.25) is 0 Å². The lowest BCUT2D eigenvalue weighted by atomic mass is 10.3. The number of anilines is 1. The van der Waals surface area contributed by atoms with E-state index in [9.17, 15) is 9.18 Å². The Bertz CT molecular complexity index is 456. The second kappa shape index (κ2) is 7.21. The van der Waals surface area contributed by atoms with Crippen LogP contribution in [-0.4, -0.2) is 60.3 Å². The molecule has 0 saturated carbocycles. The highest BCUT2D eigenvalue weighted by atomic mass is 19.1.